The minimum atomic E-state index is -1.16. The average molecular weight is 738 g/mol. The Morgan fingerprint density at radius 1 is 0.764 bits per heavy atom. The predicted molar refractivity (Wildman–Crippen MR) is 206 cm³/mol. The van der Waals surface area contributed by atoms with E-state index >= 15 is 0 Å². The Bertz CT molecular complexity index is 2290. The Balaban J connectivity index is 0.926. The van der Waals surface area contributed by atoms with Crippen molar-refractivity contribution in [3.05, 3.63) is 127 Å². The third-order valence-electron chi connectivity index (χ3n) is 10.8. The fourth-order valence-corrected chi connectivity index (χ4v) is 7.90. The van der Waals surface area contributed by atoms with Crippen molar-refractivity contribution in [2.45, 2.75) is 50.2 Å². The van der Waals surface area contributed by atoms with Crippen molar-refractivity contribution in [3.8, 4) is 33.6 Å². The number of imidazole rings is 3. The molecule has 55 heavy (non-hydrogen) atoms. The van der Waals surface area contributed by atoms with Gasteiger partial charge >= 0.3 is 6.09 Å². The minimum absolute atomic E-state index is 0.0647. The molecular weight excluding hydrogens is 695 g/mol. The molecule has 3 aromatic carbocycles. The Labute approximate surface area is 318 Å². The van der Waals surface area contributed by atoms with Crippen molar-refractivity contribution in [1.82, 2.24) is 44.2 Å². The van der Waals surface area contributed by atoms with E-state index in [1.807, 2.05) is 47.1 Å². The summed E-state index contributed by atoms with van der Waals surface area (Å²) in [7, 11) is 3.33. The maximum Gasteiger partial charge on any atom is 0.407 e. The van der Waals surface area contributed by atoms with E-state index in [4.69, 9.17) is 4.98 Å². The maximum atomic E-state index is 13.9. The van der Waals surface area contributed by atoms with E-state index in [1.54, 1.807) is 29.6 Å². The number of likely N-dealkylation sites (N-methyl/N-ethyl adjacent to an activating group) is 1. The molecule has 0 spiro atoms. The third kappa shape index (κ3) is 7.25. The first-order chi connectivity index (χ1) is 26.7. The first-order valence-electron chi connectivity index (χ1n) is 18.6. The van der Waals surface area contributed by atoms with Crippen LogP contribution in [0.15, 0.2) is 104 Å². The number of likely N-dealkylation sites (tertiary alicyclic amines) is 2. The lowest BCUT2D eigenvalue weighted by molar-refractivity contribution is -0.137. The highest BCUT2D eigenvalue weighted by atomic mass is 16.4. The van der Waals surface area contributed by atoms with Gasteiger partial charge in [0.1, 0.15) is 17.7 Å². The van der Waals surface area contributed by atoms with Crippen LogP contribution < -0.4 is 0 Å². The fraction of sp³-hybridized carbons (Fsp3) is 0.286. The fourth-order valence-electron chi connectivity index (χ4n) is 7.90. The Morgan fingerprint density at radius 2 is 1.29 bits per heavy atom. The van der Waals surface area contributed by atoms with Gasteiger partial charge in [0.15, 0.2) is 0 Å². The molecule has 280 valence electrons. The third-order valence-corrected chi connectivity index (χ3v) is 10.8. The van der Waals surface area contributed by atoms with Gasteiger partial charge in [-0.2, -0.15) is 0 Å². The SMILES string of the molecule is CN(C(=O)O)[C@@H](C(=O)N1CCC[C@H]1c1ncc(-c2ccc(-c3ccc(-c4cnc([C@@H]5CCCN5C(=O)Cc5cn(C)cn5)[nH]4)cc3)cc2)[nH]1)c1ccccc1. The number of nitrogens with zero attached hydrogens (tertiary/aromatic N) is 7. The van der Waals surface area contributed by atoms with Gasteiger partial charge in [-0.15, -0.1) is 0 Å². The number of hydrogen-bond acceptors (Lipinski definition) is 6. The van der Waals surface area contributed by atoms with Gasteiger partial charge in [0.05, 0.1) is 54.3 Å². The molecular formula is C42H43N9O4. The number of carboxylic acid groups (broad SMARTS) is 1. The number of amides is 3. The second-order valence-electron chi connectivity index (χ2n) is 14.4. The number of aryl methyl sites for hydroxylation is 1. The van der Waals surface area contributed by atoms with Crippen LogP contribution in [-0.4, -0.2) is 87.3 Å². The molecule has 0 unspecified atom stereocenters. The zero-order valence-electron chi connectivity index (χ0n) is 30.8. The maximum absolute atomic E-state index is 13.9. The molecule has 3 atom stereocenters. The van der Waals surface area contributed by atoms with Crippen molar-refractivity contribution >= 4 is 17.9 Å². The van der Waals surface area contributed by atoms with Gasteiger partial charge < -0.3 is 29.4 Å². The van der Waals surface area contributed by atoms with E-state index in [0.29, 0.717) is 24.5 Å². The van der Waals surface area contributed by atoms with Crippen molar-refractivity contribution in [3.63, 3.8) is 0 Å². The van der Waals surface area contributed by atoms with E-state index in [9.17, 15) is 19.5 Å². The summed E-state index contributed by atoms with van der Waals surface area (Å²) in [5.74, 6) is 1.29. The van der Waals surface area contributed by atoms with Gasteiger partial charge in [0.2, 0.25) is 5.91 Å². The van der Waals surface area contributed by atoms with Crippen LogP contribution in [0.25, 0.3) is 33.6 Å². The minimum Gasteiger partial charge on any atom is -0.465 e. The molecule has 2 fully saturated rings. The number of nitrogens with one attached hydrogen (secondary N) is 2. The van der Waals surface area contributed by atoms with E-state index in [-0.39, 0.29) is 30.3 Å². The summed E-state index contributed by atoms with van der Waals surface area (Å²) in [5.41, 5.74) is 7.26. The average Bonchev–Trinajstić information content (AvgIpc) is 4.06. The quantitative estimate of drug-likeness (QED) is 0.140. The molecule has 0 radical (unpaired) electrons. The van der Waals surface area contributed by atoms with Gasteiger partial charge in [0.25, 0.3) is 5.91 Å². The molecule has 5 heterocycles. The molecule has 3 amide bonds. The number of carbonyl (C=O) groups excluding carboxylic acids is 2. The van der Waals surface area contributed by atoms with Crippen LogP contribution in [0, 0.1) is 0 Å². The molecule has 6 aromatic rings. The summed E-state index contributed by atoms with van der Waals surface area (Å²) in [6.07, 6.45) is 9.69. The normalized spacial score (nSPS) is 17.4. The van der Waals surface area contributed by atoms with Crippen molar-refractivity contribution in [1.29, 1.82) is 0 Å². The zero-order valence-corrected chi connectivity index (χ0v) is 30.8. The van der Waals surface area contributed by atoms with Crippen LogP contribution in [0.3, 0.4) is 0 Å². The summed E-state index contributed by atoms with van der Waals surface area (Å²) < 4.78 is 1.85. The van der Waals surface area contributed by atoms with Gasteiger partial charge in [-0.25, -0.2) is 19.7 Å². The van der Waals surface area contributed by atoms with Crippen LogP contribution in [0.5, 0.6) is 0 Å². The summed E-state index contributed by atoms with van der Waals surface area (Å²) in [6, 6.07) is 24.3. The van der Waals surface area contributed by atoms with Gasteiger partial charge in [-0.3, -0.25) is 14.5 Å². The van der Waals surface area contributed by atoms with Crippen LogP contribution in [0.4, 0.5) is 4.79 Å². The van der Waals surface area contributed by atoms with E-state index in [2.05, 4.69) is 68.5 Å². The largest absolute Gasteiger partial charge is 0.465 e. The lowest BCUT2D eigenvalue weighted by Gasteiger charge is -2.32. The van der Waals surface area contributed by atoms with Crippen molar-refractivity contribution in [2.75, 3.05) is 20.1 Å². The summed E-state index contributed by atoms with van der Waals surface area (Å²) >= 11 is 0. The summed E-state index contributed by atoms with van der Waals surface area (Å²) in [5, 5.41) is 9.78. The zero-order chi connectivity index (χ0) is 38.1. The molecule has 8 rings (SSSR count). The van der Waals surface area contributed by atoms with E-state index in [1.165, 1.54) is 7.05 Å². The Morgan fingerprint density at radius 3 is 1.82 bits per heavy atom. The number of carbonyl (C=O) groups is 3. The standard InChI is InChI=1S/C42H43N9O4/c1-48-25-32(45-26-48)22-37(52)50-20-6-10-35(50)39-43-23-33(46-39)29-16-12-27(13-17-29)28-14-18-30(19-15-28)34-24-44-40(47-34)36-11-7-21-51(36)41(53)38(49(2)42(54)55)31-8-4-3-5-9-31/h3-5,8-9,12-19,23-26,35-36,38H,6-7,10-11,20-22H2,1-2H3,(H,43,46)(H,44,47)(H,54,55)/t35-,36-,38+/m0/s1. The lowest BCUT2D eigenvalue weighted by Crippen LogP contribution is -2.43. The van der Waals surface area contributed by atoms with Gasteiger partial charge in [0, 0.05) is 33.4 Å². The molecule has 3 N–H and O–H groups in total. The molecule has 2 aliphatic heterocycles. The molecule has 13 heteroatoms. The van der Waals surface area contributed by atoms with Crippen LogP contribution in [0.2, 0.25) is 0 Å². The molecule has 2 aliphatic rings. The Hall–Kier alpha value is -6.50. The summed E-state index contributed by atoms with van der Waals surface area (Å²) in [4.78, 5) is 64.4. The highest BCUT2D eigenvalue weighted by molar-refractivity contribution is 5.87. The number of benzene rings is 3. The van der Waals surface area contributed by atoms with Crippen LogP contribution in [-0.2, 0) is 23.1 Å². The van der Waals surface area contributed by atoms with Crippen LogP contribution >= 0.6 is 0 Å². The van der Waals surface area contributed by atoms with E-state index < -0.39 is 12.1 Å². The number of H-pyrrole nitrogens is 2. The van der Waals surface area contributed by atoms with Crippen molar-refractivity contribution < 1.29 is 19.5 Å². The highest BCUT2D eigenvalue weighted by Crippen LogP contribution is 2.36. The molecule has 0 bridgehead atoms. The smallest absolute Gasteiger partial charge is 0.407 e. The molecule has 3 aromatic heterocycles. The van der Waals surface area contributed by atoms with E-state index in [0.717, 1.165) is 75.7 Å². The number of aromatic amines is 2. The van der Waals surface area contributed by atoms with Gasteiger partial charge in [-0.05, 0) is 53.5 Å². The van der Waals surface area contributed by atoms with Gasteiger partial charge in [-0.1, -0.05) is 78.9 Å². The van der Waals surface area contributed by atoms with Crippen LogP contribution in [0.1, 0.15) is 66.7 Å². The molecule has 2 saturated heterocycles. The first-order valence-corrected chi connectivity index (χ1v) is 18.6. The summed E-state index contributed by atoms with van der Waals surface area (Å²) in [6.45, 7) is 1.24. The Kier molecular flexibility index (Phi) is 9.75. The molecule has 0 aliphatic carbocycles. The number of rotatable bonds is 10. The highest BCUT2D eigenvalue weighted by Gasteiger charge is 2.39. The number of aromatic nitrogens is 6. The monoisotopic (exact) mass is 737 g/mol. The first kappa shape index (κ1) is 35.5. The van der Waals surface area contributed by atoms with Crippen molar-refractivity contribution in [2.24, 2.45) is 7.05 Å². The second-order valence-corrected chi connectivity index (χ2v) is 14.4. The number of hydrogen-bond donors (Lipinski definition) is 3. The lowest BCUT2D eigenvalue weighted by atomic mass is 10.0. The molecule has 0 saturated carbocycles. The predicted octanol–water partition coefficient (Wildman–Crippen LogP) is 6.79. The molecule has 13 nitrogen and oxygen atoms in total. The second kappa shape index (κ2) is 15.1. The topological polar surface area (TPSA) is 156 Å².